The Kier molecular flexibility index (Phi) is 5.69. The Bertz CT molecular complexity index is 230. The Morgan fingerprint density at radius 1 is 1.18 bits per heavy atom. The van der Waals surface area contributed by atoms with Crippen LogP contribution in [0.15, 0.2) is 0 Å². The molecular formula is C16H30O. The van der Waals surface area contributed by atoms with Crippen LogP contribution in [0.25, 0.3) is 0 Å². The molecule has 1 atom stereocenters. The largest absolute Gasteiger partial charge is 0.300 e. The molecule has 0 bridgehead atoms. The second-order valence-electron chi connectivity index (χ2n) is 7.32. The Hall–Kier alpha value is -0.330. The van der Waals surface area contributed by atoms with Gasteiger partial charge < -0.3 is 0 Å². The van der Waals surface area contributed by atoms with Crippen LogP contribution in [0.4, 0.5) is 0 Å². The minimum absolute atomic E-state index is 0.352. The maximum Gasteiger partial charge on any atom is 0.133 e. The number of carbonyl (C=O) groups is 1. The number of ketones is 1. The lowest BCUT2D eigenvalue weighted by Gasteiger charge is -2.24. The van der Waals surface area contributed by atoms with Gasteiger partial charge in [0.1, 0.15) is 5.78 Å². The molecule has 0 heterocycles. The summed E-state index contributed by atoms with van der Waals surface area (Å²) in [5.74, 6) is 1.76. The molecule has 0 amide bonds. The minimum atomic E-state index is 0.352. The van der Waals surface area contributed by atoms with Crippen molar-refractivity contribution in [1.29, 1.82) is 0 Å². The quantitative estimate of drug-likeness (QED) is 0.659. The first-order valence-corrected chi connectivity index (χ1v) is 7.38. The van der Waals surface area contributed by atoms with E-state index in [9.17, 15) is 4.79 Å². The molecule has 0 aliphatic heterocycles. The van der Waals surface area contributed by atoms with Gasteiger partial charge in [0.15, 0.2) is 0 Å². The predicted octanol–water partition coefficient (Wildman–Crippen LogP) is 4.99. The normalized spacial score (nSPS) is 20.2. The van der Waals surface area contributed by atoms with E-state index in [4.69, 9.17) is 0 Å². The van der Waals surface area contributed by atoms with Crippen molar-refractivity contribution in [3.05, 3.63) is 0 Å². The molecule has 0 aromatic rings. The van der Waals surface area contributed by atoms with Crippen LogP contribution in [0.2, 0.25) is 0 Å². The highest BCUT2D eigenvalue weighted by molar-refractivity contribution is 5.78. The highest BCUT2D eigenvalue weighted by atomic mass is 16.1. The highest BCUT2D eigenvalue weighted by Crippen LogP contribution is 2.29. The summed E-state index contributed by atoms with van der Waals surface area (Å²) in [5.41, 5.74) is 0.352. The van der Waals surface area contributed by atoms with Gasteiger partial charge in [0.2, 0.25) is 0 Å². The predicted molar refractivity (Wildman–Crippen MR) is 74.1 cm³/mol. The van der Waals surface area contributed by atoms with Crippen molar-refractivity contribution in [2.45, 2.75) is 79.1 Å². The third-order valence-corrected chi connectivity index (χ3v) is 3.78. The molecular weight excluding hydrogens is 208 g/mol. The molecule has 0 aromatic heterocycles. The summed E-state index contributed by atoms with van der Waals surface area (Å²) in [6.07, 6.45) is 9.46. The van der Waals surface area contributed by atoms with Crippen molar-refractivity contribution in [2.75, 3.05) is 0 Å². The van der Waals surface area contributed by atoms with Gasteiger partial charge in [0.05, 0.1) is 0 Å². The molecule has 1 fully saturated rings. The van der Waals surface area contributed by atoms with Crippen LogP contribution in [0.5, 0.6) is 0 Å². The molecule has 1 saturated carbocycles. The van der Waals surface area contributed by atoms with Crippen LogP contribution in [0.1, 0.15) is 79.1 Å². The average molecular weight is 238 g/mol. The van der Waals surface area contributed by atoms with Gasteiger partial charge in [-0.25, -0.2) is 0 Å². The molecule has 0 aromatic carbocycles. The SMILES string of the molecule is CC(CC(=O)CC1CCCCC1)CC(C)(C)C. The monoisotopic (exact) mass is 238 g/mol. The van der Waals surface area contributed by atoms with Gasteiger partial charge in [0, 0.05) is 12.8 Å². The number of hydrogen-bond donors (Lipinski definition) is 0. The fraction of sp³-hybridized carbons (Fsp3) is 0.938. The first kappa shape index (κ1) is 14.7. The lowest BCUT2D eigenvalue weighted by atomic mass is 9.81. The van der Waals surface area contributed by atoms with E-state index in [1.54, 1.807) is 0 Å². The summed E-state index contributed by atoms with van der Waals surface area (Å²) in [6, 6.07) is 0. The third-order valence-electron chi connectivity index (χ3n) is 3.78. The first-order valence-electron chi connectivity index (χ1n) is 7.38. The number of rotatable bonds is 5. The van der Waals surface area contributed by atoms with Crippen molar-refractivity contribution >= 4 is 5.78 Å². The molecule has 1 aliphatic rings. The zero-order valence-electron chi connectivity index (χ0n) is 12.2. The molecule has 1 nitrogen and oxygen atoms in total. The van der Waals surface area contributed by atoms with Crippen LogP contribution in [-0.2, 0) is 4.79 Å². The van der Waals surface area contributed by atoms with Gasteiger partial charge in [-0.15, -0.1) is 0 Å². The van der Waals surface area contributed by atoms with Crippen molar-refractivity contribution < 1.29 is 4.79 Å². The molecule has 1 rings (SSSR count). The Labute approximate surface area is 107 Å². The van der Waals surface area contributed by atoms with Gasteiger partial charge in [-0.05, 0) is 23.7 Å². The van der Waals surface area contributed by atoms with E-state index in [0.29, 0.717) is 23.0 Å². The van der Waals surface area contributed by atoms with Gasteiger partial charge in [-0.2, -0.15) is 0 Å². The van der Waals surface area contributed by atoms with Crippen molar-refractivity contribution in [1.82, 2.24) is 0 Å². The molecule has 17 heavy (non-hydrogen) atoms. The van der Waals surface area contributed by atoms with E-state index in [-0.39, 0.29) is 0 Å². The van der Waals surface area contributed by atoms with E-state index in [1.165, 1.54) is 32.1 Å². The van der Waals surface area contributed by atoms with Crippen LogP contribution < -0.4 is 0 Å². The van der Waals surface area contributed by atoms with Gasteiger partial charge >= 0.3 is 0 Å². The summed E-state index contributed by atoms with van der Waals surface area (Å²) in [7, 11) is 0. The van der Waals surface area contributed by atoms with E-state index in [1.807, 2.05) is 0 Å². The maximum absolute atomic E-state index is 12.0. The number of hydrogen-bond acceptors (Lipinski definition) is 1. The maximum atomic E-state index is 12.0. The Balaban J connectivity index is 2.23. The second-order valence-corrected chi connectivity index (χ2v) is 7.32. The van der Waals surface area contributed by atoms with Crippen molar-refractivity contribution in [3.8, 4) is 0 Å². The molecule has 1 heteroatoms. The smallest absolute Gasteiger partial charge is 0.133 e. The van der Waals surface area contributed by atoms with Crippen molar-refractivity contribution in [2.24, 2.45) is 17.3 Å². The van der Waals surface area contributed by atoms with Gasteiger partial charge in [-0.1, -0.05) is 59.8 Å². The molecule has 0 saturated heterocycles. The van der Waals surface area contributed by atoms with E-state index in [2.05, 4.69) is 27.7 Å². The second kappa shape index (κ2) is 6.56. The molecule has 0 spiro atoms. The fourth-order valence-electron chi connectivity index (χ4n) is 3.30. The molecule has 0 radical (unpaired) electrons. The topological polar surface area (TPSA) is 17.1 Å². The molecule has 1 aliphatic carbocycles. The Morgan fingerprint density at radius 2 is 1.76 bits per heavy atom. The van der Waals surface area contributed by atoms with Crippen LogP contribution in [-0.4, -0.2) is 5.78 Å². The van der Waals surface area contributed by atoms with Crippen LogP contribution in [0, 0.1) is 17.3 Å². The summed E-state index contributed by atoms with van der Waals surface area (Å²) >= 11 is 0. The minimum Gasteiger partial charge on any atom is -0.300 e. The van der Waals surface area contributed by atoms with E-state index in [0.717, 1.165) is 19.3 Å². The highest BCUT2D eigenvalue weighted by Gasteiger charge is 2.21. The number of carbonyl (C=O) groups excluding carboxylic acids is 1. The summed E-state index contributed by atoms with van der Waals surface area (Å²) in [4.78, 5) is 12.0. The first-order chi connectivity index (χ1) is 7.87. The van der Waals surface area contributed by atoms with Crippen LogP contribution in [0.3, 0.4) is 0 Å². The van der Waals surface area contributed by atoms with Gasteiger partial charge in [0.25, 0.3) is 0 Å². The van der Waals surface area contributed by atoms with Crippen LogP contribution >= 0.6 is 0 Å². The third kappa shape index (κ3) is 6.85. The molecule has 1 unspecified atom stereocenters. The summed E-state index contributed by atoms with van der Waals surface area (Å²) in [5, 5.41) is 0. The molecule has 0 N–H and O–H groups in total. The lowest BCUT2D eigenvalue weighted by molar-refractivity contribution is -0.121. The summed E-state index contributed by atoms with van der Waals surface area (Å²) < 4.78 is 0. The zero-order valence-corrected chi connectivity index (χ0v) is 12.2. The van der Waals surface area contributed by atoms with E-state index >= 15 is 0 Å². The molecule has 100 valence electrons. The Morgan fingerprint density at radius 3 is 2.29 bits per heavy atom. The average Bonchev–Trinajstić information content (AvgIpc) is 2.15. The standard InChI is InChI=1S/C16H30O/c1-13(12-16(2,3)4)10-15(17)11-14-8-6-5-7-9-14/h13-14H,5-12H2,1-4H3. The fourth-order valence-corrected chi connectivity index (χ4v) is 3.30. The van der Waals surface area contributed by atoms with Crippen molar-refractivity contribution in [3.63, 3.8) is 0 Å². The van der Waals surface area contributed by atoms with Gasteiger partial charge in [-0.3, -0.25) is 4.79 Å². The van der Waals surface area contributed by atoms with E-state index < -0.39 is 0 Å². The zero-order chi connectivity index (χ0) is 12.9. The summed E-state index contributed by atoms with van der Waals surface area (Å²) in [6.45, 7) is 9.00. The lowest BCUT2D eigenvalue weighted by Crippen LogP contribution is -2.17. The number of Topliss-reactive ketones (excluding diaryl/α,β-unsaturated/α-hetero) is 1.